The maximum absolute atomic E-state index is 13.5. The van der Waals surface area contributed by atoms with Gasteiger partial charge >= 0.3 is 0 Å². The van der Waals surface area contributed by atoms with Crippen LogP contribution in [0.15, 0.2) is 42.5 Å². The molecule has 2 aromatic carbocycles. The number of benzene rings is 2. The average molecular weight is 298 g/mol. The maximum atomic E-state index is 13.5. The predicted molar refractivity (Wildman–Crippen MR) is 74.5 cm³/mol. The molecule has 0 saturated heterocycles. The van der Waals surface area contributed by atoms with Gasteiger partial charge in [-0.05, 0) is 23.8 Å². The monoisotopic (exact) mass is 297 g/mol. The molecule has 106 valence electrons. The van der Waals surface area contributed by atoms with Gasteiger partial charge in [0.05, 0.1) is 17.7 Å². The van der Waals surface area contributed by atoms with Crippen molar-refractivity contribution in [2.75, 3.05) is 6.61 Å². The highest BCUT2D eigenvalue weighted by atomic mass is 35.5. The number of nitrogens with one attached hydrogen (secondary N) is 1. The number of hydrogen-bond donors (Lipinski definition) is 2. The Balaban J connectivity index is 2.09. The van der Waals surface area contributed by atoms with Crippen LogP contribution in [0.3, 0.4) is 0 Å². The molecule has 0 spiro atoms. The van der Waals surface area contributed by atoms with Crippen molar-refractivity contribution in [3.8, 4) is 0 Å². The second kappa shape index (κ2) is 6.79. The Labute approximate surface area is 121 Å². The van der Waals surface area contributed by atoms with E-state index in [1.165, 1.54) is 18.2 Å². The van der Waals surface area contributed by atoms with Crippen LogP contribution in [0.5, 0.6) is 0 Å². The van der Waals surface area contributed by atoms with Crippen molar-refractivity contribution in [2.45, 2.75) is 12.6 Å². The number of halogens is 3. The van der Waals surface area contributed by atoms with Crippen molar-refractivity contribution in [1.29, 1.82) is 0 Å². The van der Waals surface area contributed by atoms with Crippen molar-refractivity contribution in [3.63, 3.8) is 0 Å². The van der Waals surface area contributed by atoms with Gasteiger partial charge in [0.15, 0.2) is 0 Å². The minimum Gasteiger partial charge on any atom is -0.394 e. The highest BCUT2D eigenvalue weighted by Gasteiger charge is 2.13. The van der Waals surface area contributed by atoms with Gasteiger partial charge in [0.1, 0.15) is 11.6 Å². The van der Waals surface area contributed by atoms with Crippen molar-refractivity contribution >= 4 is 11.6 Å². The number of rotatable bonds is 5. The minimum absolute atomic E-state index is 0.0274. The van der Waals surface area contributed by atoms with E-state index in [1.807, 2.05) is 0 Å². The van der Waals surface area contributed by atoms with Gasteiger partial charge in [-0.1, -0.05) is 35.9 Å². The van der Waals surface area contributed by atoms with Gasteiger partial charge in [0.25, 0.3) is 0 Å². The van der Waals surface area contributed by atoms with E-state index in [9.17, 15) is 13.9 Å². The molecule has 0 aliphatic rings. The molecular formula is C15H14ClF2NO. The van der Waals surface area contributed by atoms with Crippen LogP contribution in [0.25, 0.3) is 0 Å². The summed E-state index contributed by atoms with van der Waals surface area (Å²) in [4.78, 5) is 0. The summed E-state index contributed by atoms with van der Waals surface area (Å²) in [6, 6.07) is 10.2. The van der Waals surface area contributed by atoms with E-state index >= 15 is 0 Å². The summed E-state index contributed by atoms with van der Waals surface area (Å²) in [6.45, 7) is 0.0116. The Morgan fingerprint density at radius 1 is 1.10 bits per heavy atom. The summed E-state index contributed by atoms with van der Waals surface area (Å²) < 4.78 is 26.9. The van der Waals surface area contributed by atoms with Crippen LogP contribution in [-0.4, -0.2) is 11.7 Å². The molecule has 2 nitrogen and oxygen atoms in total. The van der Waals surface area contributed by atoms with E-state index in [1.54, 1.807) is 24.3 Å². The smallest absolute Gasteiger partial charge is 0.142 e. The lowest BCUT2D eigenvalue weighted by Gasteiger charge is -2.17. The average Bonchev–Trinajstić information content (AvgIpc) is 2.45. The van der Waals surface area contributed by atoms with Crippen molar-refractivity contribution < 1.29 is 13.9 Å². The third kappa shape index (κ3) is 3.54. The van der Waals surface area contributed by atoms with E-state index in [0.29, 0.717) is 11.1 Å². The van der Waals surface area contributed by atoms with Gasteiger partial charge in [-0.15, -0.1) is 0 Å². The fraction of sp³-hybridized carbons (Fsp3) is 0.200. The maximum Gasteiger partial charge on any atom is 0.142 e. The zero-order valence-electron chi connectivity index (χ0n) is 10.6. The fourth-order valence-corrected chi connectivity index (χ4v) is 2.01. The Morgan fingerprint density at radius 3 is 2.50 bits per heavy atom. The Hall–Kier alpha value is -1.49. The zero-order chi connectivity index (χ0) is 14.5. The van der Waals surface area contributed by atoms with E-state index in [2.05, 4.69) is 5.32 Å². The molecule has 2 rings (SSSR count). The predicted octanol–water partition coefficient (Wildman–Crippen LogP) is 3.44. The lowest BCUT2D eigenvalue weighted by molar-refractivity contribution is 0.243. The van der Waals surface area contributed by atoms with Crippen LogP contribution in [0, 0.1) is 11.6 Å². The third-order valence-electron chi connectivity index (χ3n) is 3.03. The Kier molecular flexibility index (Phi) is 5.06. The van der Waals surface area contributed by atoms with Crippen molar-refractivity contribution in [1.82, 2.24) is 5.32 Å². The molecule has 0 fully saturated rings. The van der Waals surface area contributed by atoms with E-state index in [4.69, 9.17) is 11.6 Å². The molecule has 2 N–H and O–H groups in total. The summed E-state index contributed by atoms with van der Waals surface area (Å²) in [7, 11) is 0. The molecule has 0 bridgehead atoms. The molecular weight excluding hydrogens is 284 g/mol. The van der Waals surface area contributed by atoms with Gasteiger partial charge in [-0.3, -0.25) is 0 Å². The second-order valence-corrected chi connectivity index (χ2v) is 4.79. The first-order valence-corrected chi connectivity index (χ1v) is 6.52. The molecule has 0 aliphatic heterocycles. The van der Waals surface area contributed by atoms with Crippen LogP contribution < -0.4 is 5.32 Å². The van der Waals surface area contributed by atoms with Gasteiger partial charge in [-0.25, -0.2) is 8.78 Å². The summed E-state index contributed by atoms with van der Waals surface area (Å²) in [5.41, 5.74) is 1.05. The molecule has 0 saturated carbocycles. The molecule has 2 aromatic rings. The van der Waals surface area contributed by atoms with Crippen LogP contribution in [-0.2, 0) is 6.54 Å². The summed E-state index contributed by atoms with van der Waals surface area (Å²) in [6.07, 6.45) is 0. The first kappa shape index (κ1) is 14.9. The SMILES string of the molecule is OCC(NCc1ccccc1F)c1ccc(Cl)c(F)c1. The number of aliphatic hydroxyl groups excluding tert-OH is 1. The van der Waals surface area contributed by atoms with Crippen molar-refractivity contribution in [2.24, 2.45) is 0 Å². The first-order valence-electron chi connectivity index (χ1n) is 6.14. The van der Waals surface area contributed by atoms with Gasteiger partial charge < -0.3 is 10.4 Å². The van der Waals surface area contributed by atoms with Gasteiger partial charge in [0.2, 0.25) is 0 Å². The molecule has 1 unspecified atom stereocenters. The quantitative estimate of drug-likeness (QED) is 0.886. The van der Waals surface area contributed by atoms with Gasteiger partial charge in [-0.2, -0.15) is 0 Å². The molecule has 0 aromatic heterocycles. The zero-order valence-corrected chi connectivity index (χ0v) is 11.4. The molecule has 0 amide bonds. The fourth-order valence-electron chi connectivity index (χ4n) is 1.89. The molecule has 5 heteroatoms. The molecule has 20 heavy (non-hydrogen) atoms. The van der Waals surface area contributed by atoms with Crippen LogP contribution in [0.4, 0.5) is 8.78 Å². The van der Waals surface area contributed by atoms with Crippen LogP contribution in [0.2, 0.25) is 5.02 Å². The largest absolute Gasteiger partial charge is 0.394 e. The van der Waals surface area contributed by atoms with Gasteiger partial charge in [0, 0.05) is 12.1 Å². The number of aliphatic hydroxyl groups is 1. The summed E-state index contributed by atoms with van der Waals surface area (Å²) in [5.74, 6) is -0.866. The molecule has 0 heterocycles. The van der Waals surface area contributed by atoms with E-state index in [-0.39, 0.29) is 24.0 Å². The highest BCUT2D eigenvalue weighted by molar-refractivity contribution is 6.30. The lowest BCUT2D eigenvalue weighted by Crippen LogP contribution is -2.24. The second-order valence-electron chi connectivity index (χ2n) is 4.38. The van der Waals surface area contributed by atoms with E-state index in [0.717, 1.165) is 0 Å². The molecule has 0 radical (unpaired) electrons. The standard InChI is InChI=1S/C15H14ClF2NO/c16-12-6-5-10(7-14(12)18)15(9-20)19-8-11-3-1-2-4-13(11)17/h1-7,15,19-20H,8-9H2. The Morgan fingerprint density at radius 2 is 1.85 bits per heavy atom. The van der Waals surface area contributed by atoms with Crippen LogP contribution in [0.1, 0.15) is 17.2 Å². The molecule has 1 atom stereocenters. The van der Waals surface area contributed by atoms with Crippen LogP contribution >= 0.6 is 11.6 Å². The Bertz CT molecular complexity index is 592. The normalized spacial score (nSPS) is 12.4. The third-order valence-corrected chi connectivity index (χ3v) is 3.33. The minimum atomic E-state index is -0.546. The summed E-state index contributed by atoms with van der Waals surface area (Å²) >= 11 is 5.61. The number of hydrogen-bond acceptors (Lipinski definition) is 2. The van der Waals surface area contributed by atoms with Crippen molar-refractivity contribution in [3.05, 3.63) is 70.2 Å². The molecule has 0 aliphatic carbocycles. The summed E-state index contributed by atoms with van der Waals surface area (Å²) in [5, 5.41) is 12.4. The lowest BCUT2D eigenvalue weighted by atomic mass is 10.1. The topological polar surface area (TPSA) is 32.3 Å². The van der Waals surface area contributed by atoms with E-state index < -0.39 is 11.9 Å². The first-order chi connectivity index (χ1) is 9.61. The highest BCUT2D eigenvalue weighted by Crippen LogP contribution is 2.20.